The van der Waals surface area contributed by atoms with Crippen LogP contribution in [0.2, 0.25) is 0 Å². The van der Waals surface area contributed by atoms with Crippen LogP contribution in [-0.2, 0) is 4.79 Å². The number of rotatable bonds is 5. The van der Waals surface area contributed by atoms with E-state index in [9.17, 15) is 14.7 Å². The van der Waals surface area contributed by atoms with Gasteiger partial charge in [0.15, 0.2) is 6.04 Å². The Morgan fingerprint density at radius 2 is 1.59 bits per heavy atom. The number of carboxylic acid groups (broad SMARTS) is 1. The van der Waals surface area contributed by atoms with Gasteiger partial charge >= 0.3 is 5.97 Å². The molecule has 0 aliphatic rings. The highest BCUT2D eigenvalue weighted by Crippen LogP contribution is 2.16. The summed E-state index contributed by atoms with van der Waals surface area (Å²) in [5.41, 5.74) is 1.93. The summed E-state index contributed by atoms with van der Waals surface area (Å²) in [5, 5.41) is 11.9. The molecule has 0 heterocycles. The monoisotopic (exact) mass is 298 g/mol. The minimum absolute atomic E-state index is 0.415. The highest BCUT2D eigenvalue weighted by molar-refractivity contribution is 5.97. The van der Waals surface area contributed by atoms with Gasteiger partial charge in [0, 0.05) is 25.3 Å². The Hall–Kier alpha value is -2.82. The summed E-state index contributed by atoms with van der Waals surface area (Å²) in [7, 11) is 3.82. The van der Waals surface area contributed by atoms with Crippen molar-refractivity contribution in [1.29, 1.82) is 0 Å². The van der Waals surface area contributed by atoms with E-state index in [0.29, 0.717) is 11.1 Å². The van der Waals surface area contributed by atoms with Gasteiger partial charge < -0.3 is 15.3 Å². The highest BCUT2D eigenvalue weighted by atomic mass is 16.4. The number of hydrogen-bond acceptors (Lipinski definition) is 3. The normalized spacial score (nSPS) is 11.5. The van der Waals surface area contributed by atoms with Gasteiger partial charge in [0.1, 0.15) is 0 Å². The first-order valence-corrected chi connectivity index (χ1v) is 6.85. The summed E-state index contributed by atoms with van der Waals surface area (Å²) < 4.78 is 0. The lowest BCUT2D eigenvalue weighted by atomic mass is 10.1. The van der Waals surface area contributed by atoms with E-state index in [0.717, 1.165) is 5.69 Å². The van der Waals surface area contributed by atoms with Crippen LogP contribution < -0.4 is 10.2 Å². The second-order valence-electron chi connectivity index (χ2n) is 5.10. The SMILES string of the molecule is CN(C)c1ccc(C(=O)NC(C(=O)O)c2ccccc2)cc1. The minimum Gasteiger partial charge on any atom is -0.479 e. The van der Waals surface area contributed by atoms with Crippen molar-refractivity contribution in [3.05, 3.63) is 65.7 Å². The molecule has 0 fully saturated rings. The molecule has 2 aromatic carbocycles. The molecule has 0 aromatic heterocycles. The minimum atomic E-state index is -1.09. The van der Waals surface area contributed by atoms with Gasteiger partial charge in [0.25, 0.3) is 5.91 Å². The second kappa shape index (κ2) is 6.76. The van der Waals surface area contributed by atoms with Crippen molar-refractivity contribution < 1.29 is 14.7 Å². The Balaban J connectivity index is 2.16. The highest BCUT2D eigenvalue weighted by Gasteiger charge is 2.22. The lowest BCUT2D eigenvalue weighted by Gasteiger charge is -2.16. The van der Waals surface area contributed by atoms with E-state index in [1.54, 1.807) is 42.5 Å². The van der Waals surface area contributed by atoms with Crippen LogP contribution in [0.25, 0.3) is 0 Å². The van der Waals surface area contributed by atoms with Gasteiger partial charge in [-0.25, -0.2) is 4.79 Å². The summed E-state index contributed by atoms with van der Waals surface area (Å²) in [5.74, 6) is -1.51. The zero-order valence-corrected chi connectivity index (χ0v) is 12.5. The number of anilines is 1. The van der Waals surface area contributed by atoms with Gasteiger partial charge in [0.2, 0.25) is 0 Å². The molecule has 0 saturated heterocycles. The average molecular weight is 298 g/mol. The number of carbonyl (C=O) groups excluding carboxylic acids is 1. The third kappa shape index (κ3) is 3.63. The standard InChI is InChI=1S/C17H18N2O3/c1-19(2)14-10-8-13(9-11-14)16(20)18-15(17(21)22)12-6-4-3-5-7-12/h3-11,15H,1-2H3,(H,18,20)(H,21,22). The number of aliphatic carboxylic acids is 1. The first-order chi connectivity index (χ1) is 10.5. The van der Waals surface area contributed by atoms with Crippen LogP contribution in [0.15, 0.2) is 54.6 Å². The van der Waals surface area contributed by atoms with Crippen LogP contribution in [0.5, 0.6) is 0 Å². The van der Waals surface area contributed by atoms with E-state index < -0.39 is 17.9 Å². The maximum atomic E-state index is 12.2. The van der Waals surface area contributed by atoms with Gasteiger partial charge in [0.05, 0.1) is 0 Å². The van der Waals surface area contributed by atoms with E-state index in [1.807, 2.05) is 31.1 Å². The third-order valence-electron chi connectivity index (χ3n) is 3.30. The number of carbonyl (C=O) groups is 2. The van der Waals surface area contributed by atoms with Gasteiger partial charge in [-0.3, -0.25) is 4.79 Å². The maximum absolute atomic E-state index is 12.2. The Bertz CT molecular complexity index is 651. The Morgan fingerprint density at radius 1 is 1.00 bits per heavy atom. The van der Waals surface area contributed by atoms with Crippen molar-refractivity contribution in [2.24, 2.45) is 0 Å². The van der Waals surface area contributed by atoms with Crippen LogP contribution in [0.4, 0.5) is 5.69 Å². The molecular weight excluding hydrogens is 280 g/mol. The number of hydrogen-bond donors (Lipinski definition) is 2. The lowest BCUT2D eigenvalue weighted by molar-refractivity contribution is -0.139. The zero-order valence-electron chi connectivity index (χ0n) is 12.5. The number of amides is 1. The van der Waals surface area contributed by atoms with Crippen molar-refractivity contribution >= 4 is 17.6 Å². The quantitative estimate of drug-likeness (QED) is 0.888. The molecule has 0 aliphatic carbocycles. The summed E-state index contributed by atoms with van der Waals surface area (Å²) in [6, 6.07) is 14.5. The smallest absolute Gasteiger partial charge is 0.330 e. The Labute approximate surface area is 129 Å². The molecule has 114 valence electrons. The molecule has 1 unspecified atom stereocenters. The molecule has 0 saturated carbocycles. The predicted molar refractivity (Wildman–Crippen MR) is 85.1 cm³/mol. The summed E-state index contributed by atoms with van der Waals surface area (Å²) in [6.07, 6.45) is 0. The second-order valence-corrected chi connectivity index (χ2v) is 5.10. The fourth-order valence-corrected chi connectivity index (χ4v) is 2.06. The van der Waals surface area contributed by atoms with Crippen LogP contribution in [0, 0.1) is 0 Å². The maximum Gasteiger partial charge on any atom is 0.330 e. The largest absolute Gasteiger partial charge is 0.479 e. The van der Waals surface area contributed by atoms with Crippen LogP contribution in [-0.4, -0.2) is 31.1 Å². The van der Waals surface area contributed by atoms with E-state index in [1.165, 1.54) is 0 Å². The Kier molecular flexibility index (Phi) is 4.78. The first-order valence-electron chi connectivity index (χ1n) is 6.85. The molecular formula is C17H18N2O3. The molecule has 0 bridgehead atoms. The zero-order chi connectivity index (χ0) is 16.1. The molecule has 2 N–H and O–H groups in total. The van der Waals surface area contributed by atoms with Crippen LogP contribution >= 0.6 is 0 Å². The fourth-order valence-electron chi connectivity index (χ4n) is 2.06. The molecule has 5 heteroatoms. The van der Waals surface area contributed by atoms with Crippen molar-refractivity contribution in [2.45, 2.75) is 6.04 Å². The summed E-state index contributed by atoms with van der Waals surface area (Å²) in [6.45, 7) is 0. The average Bonchev–Trinajstić information content (AvgIpc) is 2.53. The van der Waals surface area contributed by atoms with Crippen molar-refractivity contribution in [1.82, 2.24) is 5.32 Å². The topological polar surface area (TPSA) is 69.6 Å². The predicted octanol–water partition coefficient (Wildman–Crippen LogP) is 2.31. The summed E-state index contributed by atoms with van der Waals surface area (Å²) in [4.78, 5) is 25.5. The van der Waals surface area contributed by atoms with Crippen molar-refractivity contribution in [2.75, 3.05) is 19.0 Å². The number of carboxylic acids is 1. The molecule has 0 aliphatic heterocycles. The summed E-state index contributed by atoms with van der Waals surface area (Å²) >= 11 is 0. The van der Waals surface area contributed by atoms with E-state index in [2.05, 4.69) is 5.32 Å². The van der Waals surface area contributed by atoms with E-state index in [-0.39, 0.29) is 0 Å². The molecule has 5 nitrogen and oxygen atoms in total. The van der Waals surface area contributed by atoms with Gasteiger partial charge in [-0.15, -0.1) is 0 Å². The number of nitrogens with zero attached hydrogens (tertiary/aromatic N) is 1. The molecule has 2 rings (SSSR count). The first kappa shape index (κ1) is 15.6. The molecule has 1 atom stereocenters. The van der Waals surface area contributed by atoms with E-state index >= 15 is 0 Å². The third-order valence-corrected chi connectivity index (χ3v) is 3.30. The molecule has 1 amide bonds. The number of nitrogens with one attached hydrogen (secondary N) is 1. The molecule has 0 radical (unpaired) electrons. The Morgan fingerprint density at radius 3 is 2.09 bits per heavy atom. The molecule has 22 heavy (non-hydrogen) atoms. The lowest BCUT2D eigenvalue weighted by Crippen LogP contribution is -2.33. The number of benzene rings is 2. The van der Waals surface area contributed by atoms with Crippen LogP contribution in [0.1, 0.15) is 22.0 Å². The van der Waals surface area contributed by atoms with Gasteiger partial charge in [-0.05, 0) is 29.8 Å². The van der Waals surface area contributed by atoms with Crippen molar-refractivity contribution in [3.63, 3.8) is 0 Å². The molecule has 2 aromatic rings. The fraction of sp³-hybridized carbons (Fsp3) is 0.176. The molecule has 0 spiro atoms. The van der Waals surface area contributed by atoms with Gasteiger partial charge in [-0.2, -0.15) is 0 Å². The van der Waals surface area contributed by atoms with E-state index in [4.69, 9.17) is 0 Å². The van der Waals surface area contributed by atoms with Crippen molar-refractivity contribution in [3.8, 4) is 0 Å². The van der Waals surface area contributed by atoms with Gasteiger partial charge in [-0.1, -0.05) is 30.3 Å². The van der Waals surface area contributed by atoms with Crippen LogP contribution in [0.3, 0.4) is 0 Å².